The fourth-order valence-corrected chi connectivity index (χ4v) is 5.42. The molecule has 37 heavy (non-hydrogen) atoms. The summed E-state index contributed by atoms with van der Waals surface area (Å²) in [5.41, 5.74) is 1.62. The number of benzene rings is 1. The number of aliphatic hydroxyl groups is 1. The first-order valence-electron chi connectivity index (χ1n) is 13.6. The van der Waals surface area contributed by atoms with Crippen molar-refractivity contribution in [3.8, 4) is 0 Å². The fourth-order valence-electron chi connectivity index (χ4n) is 5.42. The highest BCUT2D eigenvalue weighted by atomic mass is 16.5. The number of rotatable bonds is 14. The monoisotopic (exact) mass is 510 g/mol. The van der Waals surface area contributed by atoms with Gasteiger partial charge < -0.3 is 20.1 Å². The van der Waals surface area contributed by atoms with Gasteiger partial charge in [0, 0.05) is 19.4 Å². The summed E-state index contributed by atoms with van der Waals surface area (Å²) in [7, 11) is 0. The Morgan fingerprint density at radius 3 is 2.54 bits per heavy atom. The van der Waals surface area contributed by atoms with Gasteiger partial charge >= 0.3 is 5.97 Å². The zero-order valence-electron chi connectivity index (χ0n) is 22.0. The third-order valence-electron chi connectivity index (χ3n) is 7.63. The molecule has 1 aromatic carbocycles. The molecule has 2 atom stereocenters. The molecule has 1 aliphatic carbocycles. The van der Waals surface area contributed by atoms with Gasteiger partial charge in [0.1, 0.15) is 6.61 Å². The molecule has 1 heterocycles. The number of carbonyl (C=O) groups excluding carboxylic acids is 3. The molecule has 0 aromatic heterocycles. The lowest BCUT2D eigenvalue weighted by molar-refractivity contribution is -0.147. The zero-order valence-corrected chi connectivity index (χ0v) is 22.0. The average Bonchev–Trinajstić information content (AvgIpc) is 3.37. The lowest BCUT2D eigenvalue weighted by Gasteiger charge is -2.37. The van der Waals surface area contributed by atoms with Gasteiger partial charge in [-0.05, 0) is 56.1 Å². The van der Waals surface area contributed by atoms with Gasteiger partial charge in [-0.25, -0.2) is 0 Å². The molecule has 202 valence electrons. The Kier molecular flexibility index (Phi) is 10.9. The summed E-state index contributed by atoms with van der Waals surface area (Å²) in [5, 5.41) is 13.1. The van der Waals surface area contributed by atoms with Crippen LogP contribution in [-0.4, -0.2) is 52.6 Å². The smallest absolute Gasteiger partial charge is 0.305 e. The maximum atomic E-state index is 13.4. The van der Waals surface area contributed by atoms with Gasteiger partial charge in [0.05, 0.1) is 24.1 Å². The van der Waals surface area contributed by atoms with E-state index in [-0.39, 0.29) is 43.5 Å². The maximum Gasteiger partial charge on any atom is 0.305 e. The molecule has 0 bridgehead atoms. The second-order valence-electron chi connectivity index (χ2n) is 10.4. The summed E-state index contributed by atoms with van der Waals surface area (Å²) >= 11 is 0. The van der Waals surface area contributed by atoms with Crippen LogP contribution in [0.15, 0.2) is 49.6 Å². The van der Waals surface area contributed by atoms with E-state index in [1.54, 1.807) is 11.0 Å². The number of nitrogens with zero attached hydrogens (tertiary/aromatic N) is 1. The van der Waals surface area contributed by atoms with E-state index in [1.165, 1.54) is 0 Å². The van der Waals surface area contributed by atoms with Gasteiger partial charge in [0.15, 0.2) is 0 Å². The molecular formula is C30H42N2O5. The predicted octanol–water partition coefficient (Wildman–Crippen LogP) is 4.23. The number of hydrogen-bond acceptors (Lipinski definition) is 5. The minimum atomic E-state index is -0.589. The lowest BCUT2D eigenvalue weighted by Crippen LogP contribution is -2.53. The Hall–Kier alpha value is -2.93. The highest BCUT2D eigenvalue weighted by molar-refractivity contribution is 5.86. The number of fused-ring (bicyclic) bond motifs is 1. The number of hydrogen-bond donors (Lipinski definition) is 2. The third-order valence-corrected chi connectivity index (χ3v) is 7.63. The number of aliphatic hydroxyl groups excluding tert-OH is 1. The van der Waals surface area contributed by atoms with Gasteiger partial charge in [0.25, 0.3) is 0 Å². The van der Waals surface area contributed by atoms with Gasteiger partial charge in [0.2, 0.25) is 11.8 Å². The van der Waals surface area contributed by atoms with Crippen LogP contribution in [0.4, 0.5) is 0 Å². The average molecular weight is 511 g/mol. The van der Waals surface area contributed by atoms with Crippen molar-refractivity contribution in [1.82, 2.24) is 10.2 Å². The number of nitrogens with one attached hydrogen (secondary N) is 1. The van der Waals surface area contributed by atoms with Crippen molar-refractivity contribution in [3.63, 3.8) is 0 Å². The third kappa shape index (κ3) is 8.03. The number of allylic oxidation sites excluding steroid dienone is 2. The quantitative estimate of drug-likeness (QED) is 0.222. The number of esters is 1. The van der Waals surface area contributed by atoms with Crippen molar-refractivity contribution in [2.45, 2.75) is 88.8 Å². The van der Waals surface area contributed by atoms with Crippen LogP contribution in [0.1, 0.15) is 75.3 Å². The zero-order chi connectivity index (χ0) is 26.7. The Balaban J connectivity index is 1.61. The summed E-state index contributed by atoms with van der Waals surface area (Å²) in [6.45, 7) is 7.94. The van der Waals surface area contributed by atoms with Crippen molar-refractivity contribution < 1.29 is 24.2 Å². The summed E-state index contributed by atoms with van der Waals surface area (Å²) in [5.74, 6) is -1.19. The SMILES string of the molecule is C=CCCCCC(=O)OCC1(NC(=O)[C@@H](CC=C)CC(=O)N2Cc3ccccc3C[C@H]2CO)CCCC1. The molecule has 1 aromatic rings. The molecule has 3 rings (SSSR count). The second kappa shape index (κ2) is 14.1. The first-order valence-corrected chi connectivity index (χ1v) is 13.6. The number of ether oxygens (including phenoxy) is 1. The van der Waals surface area contributed by atoms with E-state index in [4.69, 9.17) is 4.74 Å². The standard InChI is InChI=1S/C30H42N2O5/c1-3-5-6-7-15-28(35)37-22-30(16-10-11-17-30)31-29(36)24(12-4-2)19-27(34)32-20-25-14-9-8-13-23(25)18-26(32)21-33/h3-4,8-9,13-14,24,26,33H,1-2,5-7,10-12,15-22H2,(H,31,36)/t24-,26-/m0/s1. The predicted molar refractivity (Wildman–Crippen MR) is 143 cm³/mol. The van der Waals surface area contributed by atoms with E-state index in [2.05, 4.69) is 18.5 Å². The van der Waals surface area contributed by atoms with Crippen molar-refractivity contribution >= 4 is 17.8 Å². The van der Waals surface area contributed by atoms with Gasteiger partial charge in [-0.3, -0.25) is 14.4 Å². The Morgan fingerprint density at radius 1 is 1.14 bits per heavy atom. The van der Waals surface area contributed by atoms with E-state index in [0.29, 0.717) is 25.8 Å². The highest BCUT2D eigenvalue weighted by Gasteiger charge is 2.39. The van der Waals surface area contributed by atoms with Crippen LogP contribution in [-0.2, 0) is 32.1 Å². The van der Waals surface area contributed by atoms with Gasteiger partial charge in [-0.1, -0.05) is 49.3 Å². The van der Waals surface area contributed by atoms with Gasteiger partial charge in [-0.2, -0.15) is 0 Å². The van der Waals surface area contributed by atoms with Crippen LogP contribution < -0.4 is 5.32 Å². The maximum absolute atomic E-state index is 13.4. The first kappa shape index (κ1) is 28.6. The minimum Gasteiger partial charge on any atom is -0.463 e. The van der Waals surface area contributed by atoms with E-state index in [0.717, 1.165) is 56.1 Å². The molecule has 0 unspecified atom stereocenters. The van der Waals surface area contributed by atoms with E-state index in [1.807, 2.05) is 30.3 Å². The van der Waals surface area contributed by atoms with Crippen molar-refractivity contribution in [2.24, 2.45) is 5.92 Å². The molecule has 1 aliphatic heterocycles. The first-order chi connectivity index (χ1) is 17.9. The summed E-state index contributed by atoms with van der Waals surface area (Å²) in [6.07, 6.45) is 10.8. The highest BCUT2D eigenvalue weighted by Crippen LogP contribution is 2.31. The van der Waals surface area contributed by atoms with Crippen LogP contribution >= 0.6 is 0 Å². The summed E-state index contributed by atoms with van der Waals surface area (Å²) < 4.78 is 5.59. The topological polar surface area (TPSA) is 95.9 Å². The molecular weight excluding hydrogens is 468 g/mol. The van der Waals surface area contributed by atoms with E-state index < -0.39 is 11.5 Å². The van der Waals surface area contributed by atoms with Crippen molar-refractivity contribution in [1.29, 1.82) is 0 Å². The fraction of sp³-hybridized carbons (Fsp3) is 0.567. The Morgan fingerprint density at radius 2 is 1.86 bits per heavy atom. The largest absolute Gasteiger partial charge is 0.463 e. The number of unbranched alkanes of at least 4 members (excludes halogenated alkanes) is 2. The molecule has 7 heteroatoms. The number of carbonyl (C=O) groups is 3. The molecule has 0 saturated heterocycles. The van der Waals surface area contributed by atoms with E-state index >= 15 is 0 Å². The van der Waals surface area contributed by atoms with Gasteiger partial charge in [-0.15, -0.1) is 13.2 Å². The number of amides is 2. The van der Waals surface area contributed by atoms with Crippen LogP contribution in [0, 0.1) is 5.92 Å². The Labute approximate surface area is 221 Å². The Bertz CT molecular complexity index is 953. The molecule has 0 radical (unpaired) electrons. The molecule has 1 saturated carbocycles. The second-order valence-corrected chi connectivity index (χ2v) is 10.4. The molecule has 2 aliphatic rings. The molecule has 1 fully saturated rings. The lowest BCUT2D eigenvalue weighted by atomic mass is 9.91. The van der Waals surface area contributed by atoms with Crippen LogP contribution in [0.5, 0.6) is 0 Å². The van der Waals surface area contributed by atoms with Crippen molar-refractivity contribution in [3.05, 3.63) is 60.7 Å². The summed E-state index contributed by atoms with van der Waals surface area (Å²) in [6, 6.07) is 7.64. The normalized spacial score (nSPS) is 18.9. The molecule has 2 amide bonds. The van der Waals surface area contributed by atoms with Crippen LogP contribution in [0.3, 0.4) is 0 Å². The minimum absolute atomic E-state index is 0.0374. The molecule has 7 nitrogen and oxygen atoms in total. The molecule has 0 spiro atoms. The molecule has 2 N–H and O–H groups in total. The van der Waals surface area contributed by atoms with Crippen LogP contribution in [0.25, 0.3) is 0 Å². The van der Waals surface area contributed by atoms with Crippen LogP contribution in [0.2, 0.25) is 0 Å². The van der Waals surface area contributed by atoms with Crippen molar-refractivity contribution in [2.75, 3.05) is 13.2 Å². The summed E-state index contributed by atoms with van der Waals surface area (Å²) in [4.78, 5) is 40.7. The van der Waals surface area contributed by atoms with E-state index in [9.17, 15) is 19.5 Å².